The van der Waals surface area contributed by atoms with E-state index in [1.807, 2.05) is 7.05 Å². The van der Waals surface area contributed by atoms with Crippen molar-refractivity contribution in [3.8, 4) is 0 Å². The molecule has 1 fully saturated rings. The zero-order valence-corrected chi connectivity index (χ0v) is 11.0. The molecule has 1 saturated heterocycles. The Hall–Kier alpha value is -0.680. The first kappa shape index (κ1) is 13.7. The van der Waals surface area contributed by atoms with E-state index in [4.69, 9.17) is 21.1 Å². The van der Waals surface area contributed by atoms with Crippen molar-refractivity contribution in [1.82, 2.24) is 5.32 Å². The maximum Gasteiger partial charge on any atom is 0.145 e. The van der Waals surface area contributed by atoms with Crippen LogP contribution in [0.5, 0.6) is 0 Å². The minimum absolute atomic E-state index is 0.0123. The van der Waals surface area contributed by atoms with Crippen LogP contribution in [0.1, 0.15) is 5.56 Å². The van der Waals surface area contributed by atoms with E-state index in [2.05, 4.69) is 5.32 Å². The number of likely N-dealkylation sites (N-methyl/N-ethyl adjacent to an activating group) is 1. The second-order valence-electron chi connectivity index (χ2n) is 4.30. The van der Waals surface area contributed by atoms with Gasteiger partial charge in [-0.1, -0.05) is 23.7 Å². The summed E-state index contributed by atoms with van der Waals surface area (Å²) in [7, 11) is 1.84. The zero-order valence-electron chi connectivity index (χ0n) is 10.3. The van der Waals surface area contributed by atoms with Crippen LogP contribution in [0, 0.1) is 5.82 Å². The molecule has 3 nitrogen and oxygen atoms in total. The lowest BCUT2D eigenvalue weighted by Gasteiger charge is -2.30. The van der Waals surface area contributed by atoms with Gasteiger partial charge in [0.25, 0.3) is 0 Å². The van der Waals surface area contributed by atoms with E-state index in [1.54, 1.807) is 18.2 Å². The van der Waals surface area contributed by atoms with Crippen molar-refractivity contribution in [2.75, 3.05) is 26.9 Å². The lowest BCUT2D eigenvalue weighted by molar-refractivity contribution is -0.100. The van der Waals surface area contributed by atoms with Gasteiger partial charge in [0, 0.05) is 6.04 Å². The topological polar surface area (TPSA) is 30.5 Å². The molecule has 1 aliphatic heterocycles. The van der Waals surface area contributed by atoms with Crippen molar-refractivity contribution >= 4 is 11.6 Å². The average molecular weight is 274 g/mol. The summed E-state index contributed by atoms with van der Waals surface area (Å²) in [5, 5.41) is 3.31. The second kappa shape index (κ2) is 6.48. The Kier molecular flexibility index (Phi) is 4.95. The molecule has 0 aromatic heterocycles. The van der Waals surface area contributed by atoms with Crippen LogP contribution in [0.4, 0.5) is 4.39 Å². The third-order valence-corrected chi connectivity index (χ3v) is 3.42. The highest BCUT2D eigenvalue weighted by atomic mass is 35.5. The Morgan fingerprint density at radius 3 is 3.00 bits per heavy atom. The average Bonchev–Trinajstić information content (AvgIpc) is 2.41. The van der Waals surface area contributed by atoms with E-state index >= 15 is 0 Å². The van der Waals surface area contributed by atoms with Gasteiger partial charge in [0.2, 0.25) is 0 Å². The summed E-state index contributed by atoms with van der Waals surface area (Å²) in [5.41, 5.74) is 0.594. The van der Waals surface area contributed by atoms with Gasteiger partial charge in [-0.3, -0.25) is 0 Å². The van der Waals surface area contributed by atoms with Crippen molar-refractivity contribution in [3.63, 3.8) is 0 Å². The predicted molar refractivity (Wildman–Crippen MR) is 68.5 cm³/mol. The van der Waals surface area contributed by atoms with Gasteiger partial charge in [-0.05, 0) is 25.1 Å². The Morgan fingerprint density at radius 1 is 1.50 bits per heavy atom. The van der Waals surface area contributed by atoms with Crippen LogP contribution < -0.4 is 5.32 Å². The number of halogens is 2. The van der Waals surface area contributed by atoms with Crippen LogP contribution in [0.2, 0.25) is 5.02 Å². The number of nitrogens with one attached hydrogen (secondary N) is 1. The fraction of sp³-hybridized carbons (Fsp3) is 0.538. The van der Waals surface area contributed by atoms with Crippen molar-refractivity contribution < 1.29 is 13.9 Å². The van der Waals surface area contributed by atoms with Gasteiger partial charge < -0.3 is 14.8 Å². The van der Waals surface area contributed by atoms with Gasteiger partial charge in [-0.25, -0.2) is 4.39 Å². The first-order chi connectivity index (χ1) is 8.72. The quantitative estimate of drug-likeness (QED) is 0.911. The number of ether oxygens (including phenoxy) is 2. The molecule has 0 radical (unpaired) electrons. The lowest BCUT2D eigenvalue weighted by atomic mass is 10.0. The summed E-state index contributed by atoms with van der Waals surface area (Å²) in [5.74, 6) is -0.351. The second-order valence-corrected chi connectivity index (χ2v) is 4.70. The number of hydrogen-bond donors (Lipinski definition) is 1. The normalized spacial score (nSPS) is 21.8. The van der Waals surface area contributed by atoms with Crippen molar-refractivity contribution in [2.24, 2.45) is 0 Å². The minimum atomic E-state index is -0.351. The molecule has 0 saturated carbocycles. The summed E-state index contributed by atoms with van der Waals surface area (Å²) in [6.07, 6.45) is 0.471. The molecule has 2 unspecified atom stereocenters. The standard InChI is InChI=1S/C13H17ClFNO2/c1-16-11(12-8-17-5-6-18-12)7-9-3-2-4-10(14)13(9)15/h2-4,11-12,16H,5-8H2,1H3. The fourth-order valence-electron chi connectivity index (χ4n) is 2.10. The summed E-state index contributed by atoms with van der Waals surface area (Å²) >= 11 is 5.77. The first-order valence-corrected chi connectivity index (χ1v) is 6.39. The molecule has 1 aromatic rings. The molecule has 1 aromatic carbocycles. The van der Waals surface area contributed by atoms with Crippen molar-refractivity contribution in [3.05, 3.63) is 34.6 Å². The molecule has 100 valence electrons. The molecule has 0 spiro atoms. The molecule has 5 heteroatoms. The maximum atomic E-state index is 13.8. The fourth-order valence-corrected chi connectivity index (χ4v) is 2.29. The highest BCUT2D eigenvalue weighted by molar-refractivity contribution is 6.30. The molecule has 2 atom stereocenters. The van der Waals surface area contributed by atoms with E-state index in [9.17, 15) is 4.39 Å². The molecule has 1 heterocycles. The van der Waals surface area contributed by atoms with Gasteiger partial charge in [0.05, 0.1) is 30.9 Å². The predicted octanol–water partition coefficient (Wildman–Crippen LogP) is 2.02. The van der Waals surface area contributed by atoms with Crippen LogP contribution in [0.15, 0.2) is 18.2 Å². The van der Waals surface area contributed by atoms with Crippen LogP contribution in [-0.4, -0.2) is 39.0 Å². The Bertz CT molecular complexity index is 397. The Morgan fingerprint density at radius 2 is 2.33 bits per heavy atom. The maximum absolute atomic E-state index is 13.8. The van der Waals surface area contributed by atoms with Gasteiger partial charge in [0.15, 0.2) is 0 Å². The SMILES string of the molecule is CNC(Cc1cccc(Cl)c1F)C1COCCO1. The number of benzene rings is 1. The monoisotopic (exact) mass is 273 g/mol. The molecular formula is C13H17ClFNO2. The molecule has 1 aliphatic rings. The van der Waals surface area contributed by atoms with E-state index in [-0.39, 0.29) is 23.0 Å². The van der Waals surface area contributed by atoms with E-state index in [1.165, 1.54) is 0 Å². The Balaban J connectivity index is 2.07. The summed E-state index contributed by atoms with van der Waals surface area (Å²) in [6.45, 7) is 1.74. The zero-order chi connectivity index (χ0) is 13.0. The third-order valence-electron chi connectivity index (χ3n) is 3.13. The van der Waals surface area contributed by atoms with Gasteiger partial charge in [-0.2, -0.15) is 0 Å². The van der Waals surface area contributed by atoms with Gasteiger partial charge in [-0.15, -0.1) is 0 Å². The highest BCUT2D eigenvalue weighted by Gasteiger charge is 2.25. The van der Waals surface area contributed by atoms with Crippen molar-refractivity contribution in [2.45, 2.75) is 18.6 Å². The van der Waals surface area contributed by atoms with Crippen LogP contribution in [-0.2, 0) is 15.9 Å². The first-order valence-electron chi connectivity index (χ1n) is 6.02. The molecule has 18 heavy (non-hydrogen) atoms. The van der Waals surface area contributed by atoms with Gasteiger partial charge >= 0.3 is 0 Å². The number of rotatable bonds is 4. The van der Waals surface area contributed by atoms with Crippen LogP contribution >= 0.6 is 11.6 Å². The van der Waals surface area contributed by atoms with Gasteiger partial charge in [0.1, 0.15) is 5.82 Å². The van der Waals surface area contributed by atoms with Crippen LogP contribution in [0.3, 0.4) is 0 Å². The summed E-state index contributed by atoms with van der Waals surface area (Å²) in [6, 6.07) is 5.06. The third kappa shape index (κ3) is 3.20. The summed E-state index contributed by atoms with van der Waals surface area (Å²) < 4.78 is 24.8. The molecule has 0 bridgehead atoms. The highest BCUT2D eigenvalue weighted by Crippen LogP contribution is 2.20. The molecule has 0 amide bonds. The Labute approximate surface area is 111 Å². The summed E-state index contributed by atoms with van der Waals surface area (Å²) in [4.78, 5) is 0. The molecule has 2 rings (SSSR count). The van der Waals surface area contributed by atoms with E-state index < -0.39 is 0 Å². The van der Waals surface area contributed by atoms with E-state index in [0.29, 0.717) is 31.8 Å². The van der Waals surface area contributed by atoms with Crippen molar-refractivity contribution in [1.29, 1.82) is 0 Å². The van der Waals surface area contributed by atoms with Crippen LogP contribution in [0.25, 0.3) is 0 Å². The minimum Gasteiger partial charge on any atom is -0.376 e. The lowest BCUT2D eigenvalue weighted by Crippen LogP contribution is -2.46. The molecule has 0 aliphatic carbocycles. The largest absolute Gasteiger partial charge is 0.376 e. The smallest absolute Gasteiger partial charge is 0.145 e. The van der Waals surface area contributed by atoms with E-state index in [0.717, 1.165) is 0 Å². The number of hydrogen-bond acceptors (Lipinski definition) is 3. The molecular weight excluding hydrogens is 257 g/mol. The molecule has 1 N–H and O–H groups in total.